The van der Waals surface area contributed by atoms with Crippen LogP contribution in [0, 0.1) is 5.92 Å². The topological polar surface area (TPSA) is 73.7 Å². The Labute approximate surface area is 116 Å². The van der Waals surface area contributed by atoms with Crippen LogP contribution in [0.4, 0.5) is 4.79 Å². The van der Waals surface area contributed by atoms with E-state index in [4.69, 9.17) is 5.11 Å². The summed E-state index contributed by atoms with van der Waals surface area (Å²) in [5.41, 5.74) is 2.51. The number of aliphatic carboxylic acids is 1. The number of carbonyl (C=O) groups excluding carboxylic acids is 1. The fraction of sp³-hybridized carbons (Fsp3) is 0.583. The van der Waals surface area contributed by atoms with Gasteiger partial charge in [0.05, 0.1) is 17.7 Å². The van der Waals surface area contributed by atoms with Gasteiger partial charge in [0.25, 0.3) is 0 Å². The predicted octanol–water partition coefficient (Wildman–Crippen LogP) is 1.74. The number of nitrogens with zero attached hydrogens (tertiary/aromatic N) is 3. The van der Waals surface area contributed by atoms with Crippen molar-refractivity contribution < 1.29 is 14.7 Å². The molecular formula is C12H19N3O3S. The van der Waals surface area contributed by atoms with E-state index in [1.54, 1.807) is 12.6 Å². The molecule has 1 heterocycles. The van der Waals surface area contributed by atoms with Crippen molar-refractivity contribution in [1.29, 1.82) is 0 Å². The number of amides is 2. The quantitative estimate of drug-likeness (QED) is 0.864. The normalized spacial score (nSPS) is 10.5. The number of carbonyl (C=O) groups is 2. The summed E-state index contributed by atoms with van der Waals surface area (Å²) < 4.78 is 0. The number of hydrogen-bond donors (Lipinski definition) is 1. The first-order chi connectivity index (χ1) is 8.90. The zero-order chi connectivity index (χ0) is 14.4. The van der Waals surface area contributed by atoms with Crippen molar-refractivity contribution in [2.24, 2.45) is 5.92 Å². The molecule has 6 nitrogen and oxygen atoms in total. The molecule has 0 saturated carbocycles. The van der Waals surface area contributed by atoms with Crippen LogP contribution in [0.5, 0.6) is 0 Å². The maximum Gasteiger partial charge on any atom is 0.323 e. The Balaban J connectivity index is 2.66. The summed E-state index contributed by atoms with van der Waals surface area (Å²) in [5.74, 6) is -0.785. The first kappa shape index (κ1) is 15.4. The second kappa shape index (κ2) is 7.08. The van der Waals surface area contributed by atoms with Crippen LogP contribution in [-0.4, -0.2) is 52.0 Å². The standard InChI is InChI=1S/C12H19N3O3S/c1-9(2)4-15(6-11(16)17)12(18)14(3)5-10-7-19-8-13-10/h7-9H,4-6H2,1-3H3,(H,16,17). The largest absolute Gasteiger partial charge is 0.480 e. The molecule has 0 spiro atoms. The summed E-state index contributed by atoms with van der Waals surface area (Å²) in [7, 11) is 1.65. The molecule has 0 aliphatic rings. The number of carboxylic acids is 1. The molecule has 106 valence electrons. The van der Waals surface area contributed by atoms with Gasteiger partial charge >= 0.3 is 12.0 Å². The molecule has 7 heteroatoms. The van der Waals surface area contributed by atoms with Gasteiger partial charge in [-0.25, -0.2) is 9.78 Å². The monoisotopic (exact) mass is 285 g/mol. The van der Waals surface area contributed by atoms with E-state index in [9.17, 15) is 9.59 Å². The highest BCUT2D eigenvalue weighted by Crippen LogP contribution is 2.08. The van der Waals surface area contributed by atoms with Crippen molar-refractivity contribution in [3.8, 4) is 0 Å². The van der Waals surface area contributed by atoms with Crippen LogP contribution in [0.2, 0.25) is 0 Å². The van der Waals surface area contributed by atoms with E-state index >= 15 is 0 Å². The van der Waals surface area contributed by atoms with Gasteiger partial charge in [-0.3, -0.25) is 4.79 Å². The Kier molecular flexibility index (Phi) is 5.75. The molecule has 0 aromatic carbocycles. The van der Waals surface area contributed by atoms with Crippen LogP contribution in [0.25, 0.3) is 0 Å². The van der Waals surface area contributed by atoms with Gasteiger partial charge in [0.1, 0.15) is 6.54 Å². The Morgan fingerprint density at radius 1 is 1.47 bits per heavy atom. The number of thiazole rings is 1. The molecule has 2 amide bonds. The fourth-order valence-electron chi connectivity index (χ4n) is 1.68. The first-order valence-electron chi connectivity index (χ1n) is 5.99. The van der Waals surface area contributed by atoms with Gasteiger partial charge in [-0.15, -0.1) is 11.3 Å². The highest BCUT2D eigenvalue weighted by Gasteiger charge is 2.21. The molecular weight excluding hydrogens is 266 g/mol. The number of carboxylic acid groups (broad SMARTS) is 1. The van der Waals surface area contributed by atoms with Crippen molar-refractivity contribution in [1.82, 2.24) is 14.8 Å². The zero-order valence-corrected chi connectivity index (χ0v) is 12.2. The number of hydrogen-bond acceptors (Lipinski definition) is 4. The average Bonchev–Trinajstić information content (AvgIpc) is 2.78. The highest BCUT2D eigenvalue weighted by molar-refractivity contribution is 7.07. The third-order valence-corrected chi connectivity index (χ3v) is 3.03. The smallest absolute Gasteiger partial charge is 0.323 e. The zero-order valence-electron chi connectivity index (χ0n) is 11.4. The minimum absolute atomic E-state index is 0.218. The minimum Gasteiger partial charge on any atom is -0.480 e. The average molecular weight is 285 g/mol. The lowest BCUT2D eigenvalue weighted by Crippen LogP contribution is -2.45. The summed E-state index contributed by atoms with van der Waals surface area (Å²) in [4.78, 5) is 30.0. The van der Waals surface area contributed by atoms with E-state index in [1.165, 1.54) is 21.1 Å². The Morgan fingerprint density at radius 2 is 2.16 bits per heavy atom. The van der Waals surface area contributed by atoms with Crippen LogP contribution >= 0.6 is 11.3 Å². The highest BCUT2D eigenvalue weighted by atomic mass is 32.1. The molecule has 1 rings (SSSR count). The molecule has 0 aliphatic heterocycles. The summed E-state index contributed by atoms with van der Waals surface area (Å²) in [5, 5.41) is 10.7. The van der Waals surface area contributed by atoms with E-state index in [-0.39, 0.29) is 18.5 Å². The summed E-state index contributed by atoms with van der Waals surface area (Å²) in [6, 6.07) is -0.288. The van der Waals surface area contributed by atoms with Gasteiger partial charge in [-0.05, 0) is 5.92 Å². The van der Waals surface area contributed by atoms with Crippen molar-refractivity contribution in [2.75, 3.05) is 20.1 Å². The van der Waals surface area contributed by atoms with E-state index in [0.717, 1.165) is 5.69 Å². The lowest BCUT2D eigenvalue weighted by molar-refractivity contribution is -0.137. The van der Waals surface area contributed by atoms with Gasteiger partial charge in [-0.2, -0.15) is 0 Å². The molecule has 0 atom stereocenters. The van der Waals surface area contributed by atoms with Crippen LogP contribution in [0.15, 0.2) is 10.9 Å². The molecule has 0 saturated heterocycles. The molecule has 0 aliphatic carbocycles. The first-order valence-corrected chi connectivity index (χ1v) is 6.93. The lowest BCUT2D eigenvalue weighted by Gasteiger charge is -2.27. The predicted molar refractivity (Wildman–Crippen MR) is 73.0 cm³/mol. The van der Waals surface area contributed by atoms with E-state index < -0.39 is 5.97 Å². The molecule has 0 bridgehead atoms. The van der Waals surface area contributed by atoms with Crippen molar-refractivity contribution in [3.63, 3.8) is 0 Å². The molecule has 0 unspecified atom stereocenters. The molecule has 0 radical (unpaired) electrons. The molecule has 1 N–H and O–H groups in total. The van der Waals surface area contributed by atoms with Crippen LogP contribution in [-0.2, 0) is 11.3 Å². The molecule has 0 fully saturated rings. The number of rotatable bonds is 6. The van der Waals surface area contributed by atoms with E-state index in [0.29, 0.717) is 13.1 Å². The second-order valence-electron chi connectivity index (χ2n) is 4.79. The molecule has 1 aromatic rings. The third-order valence-electron chi connectivity index (χ3n) is 2.39. The Morgan fingerprint density at radius 3 is 2.63 bits per heavy atom. The molecule has 1 aromatic heterocycles. The van der Waals surface area contributed by atoms with Gasteiger partial charge < -0.3 is 14.9 Å². The van der Waals surface area contributed by atoms with Crippen LogP contribution in [0.1, 0.15) is 19.5 Å². The summed E-state index contributed by atoms with van der Waals surface area (Å²) >= 11 is 1.47. The number of aromatic nitrogens is 1. The van der Waals surface area contributed by atoms with Crippen molar-refractivity contribution in [2.45, 2.75) is 20.4 Å². The van der Waals surface area contributed by atoms with Crippen molar-refractivity contribution >= 4 is 23.3 Å². The minimum atomic E-state index is -1.00. The SMILES string of the molecule is CC(C)CN(CC(=O)O)C(=O)N(C)Cc1cscn1. The lowest BCUT2D eigenvalue weighted by atomic mass is 10.2. The van der Waals surface area contributed by atoms with Gasteiger partial charge in [0.15, 0.2) is 0 Å². The Bertz CT molecular complexity index is 420. The van der Waals surface area contributed by atoms with E-state index in [1.807, 2.05) is 19.2 Å². The fourth-order valence-corrected chi connectivity index (χ4v) is 2.23. The summed E-state index contributed by atoms with van der Waals surface area (Å²) in [6.07, 6.45) is 0. The number of urea groups is 1. The van der Waals surface area contributed by atoms with Crippen molar-refractivity contribution in [3.05, 3.63) is 16.6 Å². The Hall–Kier alpha value is -1.63. The molecule has 19 heavy (non-hydrogen) atoms. The van der Waals surface area contributed by atoms with Gasteiger partial charge in [0.2, 0.25) is 0 Å². The van der Waals surface area contributed by atoms with Crippen LogP contribution < -0.4 is 0 Å². The maximum atomic E-state index is 12.2. The maximum absolute atomic E-state index is 12.2. The van der Waals surface area contributed by atoms with Crippen LogP contribution in [0.3, 0.4) is 0 Å². The van der Waals surface area contributed by atoms with Gasteiger partial charge in [-0.1, -0.05) is 13.8 Å². The van der Waals surface area contributed by atoms with Gasteiger partial charge in [0, 0.05) is 19.0 Å². The summed E-state index contributed by atoms with van der Waals surface area (Å²) in [6.45, 7) is 4.42. The third kappa shape index (κ3) is 5.25. The van der Waals surface area contributed by atoms with E-state index in [2.05, 4.69) is 4.98 Å². The second-order valence-corrected chi connectivity index (χ2v) is 5.51.